The molecule has 2 N–H and O–H groups in total. The third-order valence-electron chi connectivity index (χ3n) is 4.00. The maximum absolute atomic E-state index is 8.96. The van der Waals surface area contributed by atoms with Crippen LogP contribution < -0.4 is 0 Å². The Morgan fingerprint density at radius 2 is 1.68 bits per heavy atom. The lowest BCUT2D eigenvalue weighted by Gasteiger charge is -2.35. The second-order valence-corrected chi connectivity index (χ2v) is 5.82. The molecule has 0 aromatic rings. The van der Waals surface area contributed by atoms with Gasteiger partial charge in [0.2, 0.25) is 0 Å². The lowest BCUT2D eigenvalue weighted by atomic mass is 9.80. The van der Waals surface area contributed by atoms with Gasteiger partial charge >= 0.3 is 0 Å². The Bertz CT molecular complexity index is 216. The summed E-state index contributed by atoms with van der Waals surface area (Å²) in [6.07, 6.45) is 8.51. The van der Waals surface area contributed by atoms with Crippen LogP contribution in [0.25, 0.3) is 0 Å². The van der Waals surface area contributed by atoms with Crippen molar-refractivity contribution < 1.29 is 19.7 Å². The van der Waals surface area contributed by atoms with Gasteiger partial charge < -0.3 is 19.7 Å². The van der Waals surface area contributed by atoms with Crippen LogP contribution in [0.4, 0.5) is 0 Å². The second kappa shape index (κ2) is 9.70. The van der Waals surface area contributed by atoms with Crippen LogP contribution in [0.5, 0.6) is 0 Å². The van der Waals surface area contributed by atoms with Gasteiger partial charge in [-0.2, -0.15) is 0 Å². The third-order valence-corrected chi connectivity index (χ3v) is 4.00. The molecule has 1 fully saturated rings. The van der Waals surface area contributed by atoms with Gasteiger partial charge in [-0.3, -0.25) is 0 Å². The van der Waals surface area contributed by atoms with Crippen molar-refractivity contribution in [2.24, 2.45) is 5.92 Å². The predicted molar refractivity (Wildman–Crippen MR) is 75.2 cm³/mol. The molecule has 0 amide bonds. The molecule has 4 heteroatoms. The predicted octanol–water partition coefficient (Wildman–Crippen LogP) is 2.12. The summed E-state index contributed by atoms with van der Waals surface area (Å²) in [7, 11) is 0. The zero-order chi connectivity index (χ0) is 14.0. The van der Waals surface area contributed by atoms with Crippen molar-refractivity contribution in [2.45, 2.75) is 57.5 Å². The molecule has 1 atom stereocenters. The van der Waals surface area contributed by atoms with Crippen LogP contribution in [0.15, 0.2) is 0 Å². The first kappa shape index (κ1) is 16.9. The second-order valence-electron chi connectivity index (χ2n) is 5.82. The van der Waals surface area contributed by atoms with Crippen molar-refractivity contribution in [2.75, 3.05) is 33.0 Å². The highest BCUT2D eigenvalue weighted by Gasteiger charge is 2.29. The topological polar surface area (TPSA) is 58.9 Å². The molecule has 0 saturated heterocycles. The maximum atomic E-state index is 8.96. The smallest absolute Gasteiger partial charge is 0.0705 e. The first-order valence-electron chi connectivity index (χ1n) is 7.63. The summed E-state index contributed by atoms with van der Waals surface area (Å²) in [5, 5.41) is 17.7. The summed E-state index contributed by atoms with van der Waals surface area (Å²) < 4.78 is 11.2. The highest BCUT2D eigenvalue weighted by atomic mass is 16.5. The highest BCUT2D eigenvalue weighted by molar-refractivity contribution is 4.81. The Morgan fingerprint density at radius 1 is 1.00 bits per heavy atom. The Balaban J connectivity index is 2.37. The first-order chi connectivity index (χ1) is 9.20. The van der Waals surface area contributed by atoms with Crippen LogP contribution in [0.1, 0.15) is 51.9 Å². The number of hydrogen-bond donors (Lipinski definition) is 2. The summed E-state index contributed by atoms with van der Waals surface area (Å²) in [6, 6.07) is 0. The molecule has 0 bridgehead atoms. The van der Waals surface area contributed by atoms with Crippen molar-refractivity contribution in [1.29, 1.82) is 0 Å². The maximum Gasteiger partial charge on any atom is 0.0705 e. The van der Waals surface area contributed by atoms with E-state index in [1.165, 1.54) is 32.1 Å². The van der Waals surface area contributed by atoms with E-state index in [1.807, 2.05) is 0 Å². The zero-order valence-corrected chi connectivity index (χ0v) is 12.3. The molecule has 1 rings (SSSR count). The fourth-order valence-corrected chi connectivity index (χ4v) is 2.98. The summed E-state index contributed by atoms with van der Waals surface area (Å²) in [6.45, 7) is 3.64. The van der Waals surface area contributed by atoms with Crippen LogP contribution in [0, 0.1) is 5.92 Å². The molecule has 1 aliphatic carbocycles. The van der Waals surface area contributed by atoms with E-state index in [2.05, 4.69) is 6.92 Å². The van der Waals surface area contributed by atoms with Gasteiger partial charge in [-0.25, -0.2) is 0 Å². The number of aliphatic hydroxyl groups is 2. The Kier molecular flexibility index (Phi) is 8.62. The highest BCUT2D eigenvalue weighted by Crippen LogP contribution is 2.33. The summed E-state index contributed by atoms with van der Waals surface area (Å²) in [4.78, 5) is 0. The van der Waals surface area contributed by atoms with Gasteiger partial charge in [-0.15, -0.1) is 0 Å². The SMILES string of the molecule is CC(CCOCCO)(CC1CCCCC1)OCCO. The Hall–Kier alpha value is -0.160. The normalized spacial score (nSPS) is 20.4. The number of rotatable bonds is 10. The van der Waals surface area contributed by atoms with E-state index < -0.39 is 0 Å². The summed E-state index contributed by atoms with van der Waals surface area (Å²) in [5.41, 5.74) is -0.208. The van der Waals surface area contributed by atoms with E-state index in [-0.39, 0.29) is 18.8 Å². The molecule has 19 heavy (non-hydrogen) atoms. The van der Waals surface area contributed by atoms with E-state index in [0.717, 1.165) is 18.8 Å². The van der Waals surface area contributed by atoms with Crippen LogP contribution >= 0.6 is 0 Å². The van der Waals surface area contributed by atoms with Gasteiger partial charge in [0.15, 0.2) is 0 Å². The average molecular weight is 274 g/mol. The zero-order valence-electron chi connectivity index (χ0n) is 12.3. The fraction of sp³-hybridized carbons (Fsp3) is 1.00. The van der Waals surface area contributed by atoms with E-state index in [9.17, 15) is 0 Å². The van der Waals surface area contributed by atoms with Gasteiger partial charge in [0.05, 0.1) is 32.0 Å². The summed E-state index contributed by atoms with van der Waals surface area (Å²) in [5.74, 6) is 0.746. The van der Waals surface area contributed by atoms with Crippen LogP contribution in [0.3, 0.4) is 0 Å². The van der Waals surface area contributed by atoms with Crippen molar-refractivity contribution in [3.05, 3.63) is 0 Å². The fourth-order valence-electron chi connectivity index (χ4n) is 2.98. The van der Waals surface area contributed by atoms with Crippen molar-refractivity contribution >= 4 is 0 Å². The van der Waals surface area contributed by atoms with Crippen molar-refractivity contribution in [3.63, 3.8) is 0 Å². The molecule has 0 spiro atoms. The van der Waals surface area contributed by atoms with Crippen LogP contribution in [-0.4, -0.2) is 48.8 Å². The average Bonchev–Trinajstić information content (AvgIpc) is 2.43. The van der Waals surface area contributed by atoms with Gasteiger partial charge in [0.25, 0.3) is 0 Å². The van der Waals surface area contributed by atoms with Gasteiger partial charge in [-0.1, -0.05) is 32.1 Å². The molecular formula is C15H30O4. The number of ether oxygens (including phenoxy) is 2. The third kappa shape index (κ3) is 7.25. The lowest BCUT2D eigenvalue weighted by Crippen LogP contribution is -2.35. The van der Waals surface area contributed by atoms with Gasteiger partial charge in [0, 0.05) is 6.61 Å². The largest absolute Gasteiger partial charge is 0.394 e. The van der Waals surface area contributed by atoms with E-state index in [1.54, 1.807) is 0 Å². The number of hydrogen-bond acceptors (Lipinski definition) is 4. The van der Waals surface area contributed by atoms with Crippen molar-refractivity contribution in [1.82, 2.24) is 0 Å². The van der Waals surface area contributed by atoms with E-state index in [4.69, 9.17) is 19.7 Å². The monoisotopic (exact) mass is 274 g/mol. The van der Waals surface area contributed by atoms with Gasteiger partial charge in [0.1, 0.15) is 0 Å². The molecule has 4 nitrogen and oxygen atoms in total. The minimum absolute atomic E-state index is 0.0663. The van der Waals surface area contributed by atoms with Crippen LogP contribution in [-0.2, 0) is 9.47 Å². The molecule has 114 valence electrons. The molecule has 0 radical (unpaired) electrons. The molecule has 0 aromatic carbocycles. The summed E-state index contributed by atoms with van der Waals surface area (Å²) >= 11 is 0. The first-order valence-corrected chi connectivity index (χ1v) is 7.63. The Labute approximate surface area is 117 Å². The minimum Gasteiger partial charge on any atom is -0.394 e. The molecule has 0 heterocycles. The molecule has 1 saturated carbocycles. The molecule has 0 aliphatic heterocycles. The van der Waals surface area contributed by atoms with Crippen LogP contribution in [0.2, 0.25) is 0 Å². The molecule has 0 aromatic heterocycles. The lowest BCUT2D eigenvalue weighted by molar-refractivity contribution is -0.0808. The molecule has 1 unspecified atom stereocenters. The standard InChI is InChI=1S/C15H30O4/c1-15(19-12-9-17,7-10-18-11-8-16)13-14-5-3-2-4-6-14/h14,16-17H,2-13H2,1H3. The van der Waals surface area contributed by atoms with Gasteiger partial charge in [-0.05, 0) is 25.7 Å². The molecule has 1 aliphatic rings. The van der Waals surface area contributed by atoms with E-state index in [0.29, 0.717) is 19.8 Å². The minimum atomic E-state index is -0.208. The quantitative estimate of drug-likeness (QED) is 0.599. The Morgan fingerprint density at radius 3 is 2.32 bits per heavy atom. The van der Waals surface area contributed by atoms with E-state index >= 15 is 0 Å². The molecular weight excluding hydrogens is 244 g/mol. The van der Waals surface area contributed by atoms with Crippen molar-refractivity contribution in [3.8, 4) is 0 Å². The number of aliphatic hydroxyl groups excluding tert-OH is 2.